The van der Waals surface area contributed by atoms with Gasteiger partial charge in [0.05, 0.1) is 5.75 Å². The van der Waals surface area contributed by atoms with E-state index in [0.717, 1.165) is 25.7 Å². The summed E-state index contributed by atoms with van der Waals surface area (Å²) in [6.45, 7) is 0. The van der Waals surface area contributed by atoms with Crippen LogP contribution in [0, 0.1) is 5.92 Å². The molecule has 0 saturated carbocycles. The van der Waals surface area contributed by atoms with E-state index >= 15 is 0 Å². The minimum Gasteiger partial charge on any atom is -0.311 e. The van der Waals surface area contributed by atoms with Gasteiger partial charge in [-0.3, -0.25) is 0 Å². The van der Waals surface area contributed by atoms with Crippen LogP contribution in [-0.2, 0) is 10.2 Å². The van der Waals surface area contributed by atoms with E-state index in [1.807, 2.05) is 0 Å². The Hall–Kier alpha value is -0.160. The van der Waals surface area contributed by atoms with E-state index in [1.165, 1.54) is 6.42 Å². The van der Waals surface area contributed by atoms with Crippen molar-refractivity contribution < 1.29 is 12.3 Å². The van der Waals surface area contributed by atoms with Gasteiger partial charge in [-0.2, -0.15) is 8.42 Å². The molecule has 0 aromatic heterocycles. The fraction of sp³-hybridized carbons (Fsp3) is 1.00. The van der Waals surface area contributed by atoms with Crippen molar-refractivity contribution in [2.24, 2.45) is 5.92 Å². The smallest absolute Gasteiger partial charge is 0.302 e. The predicted octanol–water partition coefficient (Wildman–Crippen LogP) is 1.21. The molecule has 0 spiro atoms. The van der Waals surface area contributed by atoms with Crippen molar-refractivity contribution in [1.29, 1.82) is 0 Å². The highest BCUT2D eigenvalue weighted by molar-refractivity contribution is 7.86. The predicted molar refractivity (Wildman–Crippen MR) is 52.2 cm³/mol. The van der Waals surface area contributed by atoms with Crippen molar-refractivity contribution in [3.05, 3.63) is 0 Å². The zero-order valence-electron chi connectivity index (χ0n) is 8.08. The van der Waals surface area contributed by atoms with Crippen LogP contribution in [0.2, 0.25) is 0 Å². The summed E-state index contributed by atoms with van der Waals surface area (Å²) in [6.07, 6.45) is 5.08. The van der Waals surface area contributed by atoms with Crippen LogP contribution in [0.3, 0.4) is 0 Å². The lowest BCUT2D eigenvalue weighted by atomic mass is 9.81. The van der Waals surface area contributed by atoms with Crippen LogP contribution in [0.25, 0.3) is 0 Å². The molecule has 2 fully saturated rings. The van der Waals surface area contributed by atoms with E-state index in [2.05, 4.69) is 5.32 Å². The lowest BCUT2D eigenvalue weighted by Gasteiger charge is -2.39. The van der Waals surface area contributed by atoms with Crippen LogP contribution in [0.15, 0.2) is 0 Å². The molecule has 2 rings (SSSR count). The topological polar surface area (TPSA) is 46.2 Å². The highest BCUT2D eigenvalue weighted by Crippen LogP contribution is 2.30. The Labute approximate surface area is 84.3 Å². The van der Waals surface area contributed by atoms with Crippen molar-refractivity contribution in [3.63, 3.8) is 0 Å². The summed E-state index contributed by atoms with van der Waals surface area (Å²) in [7, 11) is -4.28. The molecule has 2 saturated heterocycles. The number of hydrogen-bond acceptors (Lipinski definition) is 3. The van der Waals surface area contributed by atoms with Crippen molar-refractivity contribution in [3.8, 4) is 0 Å². The van der Waals surface area contributed by atoms with Crippen molar-refractivity contribution >= 4 is 10.2 Å². The summed E-state index contributed by atoms with van der Waals surface area (Å²) >= 11 is 0. The van der Waals surface area contributed by atoms with Gasteiger partial charge in [-0.1, -0.05) is 6.42 Å². The summed E-state index contributed by atoms with van der Waals surface area (Å²) in [4.78, 5) is 0. The van der Waals surface area contributed by atoms with Crippen LogP contribution in [-0.4, -0.2) is 26.3 Å². The standard InChI is InChI=1S/C9H16FNO2S/c10-14(12,13)6-7-4-8-2-1-3-9(5-7)11-8/h7-9,11H,1-6H2. The van der Waals surface area contributed by atoms with Gasteiger partial charge < -0.3 is 5.32 Å². The first kappa shape index (κ1) is 10.4. The largest absolute Gasteiger partial charge is 0.311 e. The zero-order valence-corrected chi connectivity index (χ0v) is 8.89. The SMILES string of the molecule is O=S(=O)(F)CC1CC2CCCC(C1)N2. The van der Waals surface area contributed by atoms with Gasteiger partial charge in [0, 0.05) is 12.1 Å². The van der Waals surface area contributed by atoms with E-state index in [0.29, 0.717) is 12.1 Å². The number of rotatable bonds is 2. The van der Waals surface area contributed by atoms with Crippen LogP contribution in [0.4, 0.5) is 3.89 Å². The highest BCUT2D eigenvalue weighted by Gasteiger charge is 2.33. The normalized spacial score (nSPS) is 38.2. The molecule has 5 heteroatoms. The third-order valence-electron chi connectivity index (χ3n) is 3.25. The molecule has 82 valence electrons. The number of piperidine rings is 2. The molecule has 2 atom stereocenters. The number of hydrogen-bond donors (Lipinski definition) is 1. The van der Waals surface area contributed by atoms with Crippen LogP contribution in [0.1, 0.15) is 32.1 Å². The maximum Gasteiger partial charge on any atom is 0.302 e. The van der Waals surface area contributed by atoms with Crippen LogP contribution in [0.5, 0.6) is 0 Å². The molecule has 0 radical (unpaired) electrons. The summed E-state index contributed by atoms with van der Waals surface area (Å²) in [5.41, 5.74) is 0. The Bertz CT molecular complexity index is 292. The summed E-state index contributed by atoms with van der Waals surface area (Å²) in [6, 6.07) is 0.850. The minimum absolute atomic E-state index is 0.0292. The molecule has 2 heterocycles. The second kappa shape index (κ2) is 3.77. The first-order chi connectivity index (χ1) is 6.53. The summed E-state index contributed by atoms with van der Waals surface area (Å²) in [5, 5.41) is 3.45. The third kappa shape index (κ3) is 2.67. The average Bonchev–Trinajstić information content (AvgIpc) is 1.99. The second-order valence-corrected chi connectivity index (χ2v) is 5.95. The van der Waals surface area contributed by atoms with Gasteiger partial charge in [0.1, 0.15) is 0 Å². The summed E-state index contributed by atoms with van der Waals surface area (Å²) in [5.74, 6) is -0.247. The lowest BCUT2D eigenvalue weighted by molar-refractivity contribution is 0.196. The fourth-order valence-electron chi connectivity index (χ4n) is 2.80. The fourth-order valence-corrected chi connectivity index (χ4v) is 3.64. The second-order valence-electron chi connectivity index (χ2n) is 4.53. The lowest BCUT2D eigenvalue weighted by Crippen LogP contribution is -2.49. The molecule has 2 bridgehead atoms. The Morgan fingerprint density at radius 3 is 2.29 bits per heavy atom. The Morgan fingerprint density at radius 1 is 1.21 bits per heavy atom. The molecule has 1 N–H and O–H groups in total. The first-order valence-electron chi connectivity index (χ1n) is 5.21. The number of fused-ring (bicyclic) bond motifs is 2. The zero-order chi connectivity index (χ0) is 10.2. The molecule has 3 nitrogen and oxygen atoms in total. The molecule has 0 amide bonds. The van der Waals surface area contributed by atoms with Crippen molar-refractivity contribution in [2.45, 2.75) is 44.2 Å². The Balaban J connectivity index is 1.96. The molecule has 2 aliphatic rings. The monoisotopic (exact) mass is 221 g/mol. The van der Waals surface area contributed by atoms with Gasteiger partial charge >= 0.3 is 10.2 Å². The van der Waals surface area contributed by atoms with Crippen molar-refractivity contribution in [1.82, 2.24) is 5.32 Å². The molecule has 2 aliphatic heterocycles. The van der Waals surface area contributed by atoms with E-state index in [-0.39, 0.29) is 11.7 Å². The third-order valence-corrected chi connectivity index (χ3v) is 4.12. The Morgan fingerprint density at radius 2 is 1.79 bits per heavy atom. The van der Waals surface area contributed by atoms with Gasteiger partial charge in [-0.05, 0) is 31.6 Å². The molecule has 0 aromatic carbocycles. The van der Waals surface area contributed by atoms with Gasteiger partial charge in [-0.25, -0.2) is 0 Å². The molecule has 14 heavy (non-hydrogen) atoms. The van der Waals surface area contributed by atoms with E-state index in [1.54, 1.807) is 0 Å². The molecule has 2 unspecified atom stereocenters. The molecular weight excluding hydrogens is 205 g/mol. The maximum atomic E-state index is 12.5. The van der Waals surface area contributed by atoms with Gasteiger partial charge in [-0.15, -0.1) is 3.89 Å². The van der Waals surface area contributed by atoms with E-state index < -0.39 is 10.2 Å². The summed E-state index contributed by atoms with van der Waals surface area (Å²) < 4.78 is 33.6. The van der Waals surface area contributed by atoms with Crippen LogP contribution >= 0.6 is 0 Å². The molecule has 0 aliphatic carbocycles. The molecule has 0 aromatic rings. The van der Waals surface area contributed by atoms with Gasteiger partial charge in [0.2, 0.25) is 0 Å². The quantitative estimate of drug-likeness (QED) is 0.713. The first-order valence-corrected chi connectivity index (χ1v) is 6.76. The maximum absolute atomic E-state index is 12.5. The van der Waals surface area contributed by atoms with E-state index in [9.17, 15) is 12.3 Å². The van der Waals surface area contributed by atoms with Gasteiger partial charge in [0.25, 0.3) is 0 Å². The van der Waals surface area contributed by atoms with E-state index in [4.69, 9.17) is 0 Å². The molecular formula is C9H16FNO2S. The average molecular weight is 221 g/mol. The number of nitrogens with one attached hydrogen (secondary N) is 1. The highest BCUT2D eigenvalue weighted by atomic mass is 32.3. The van der Waals surface area contributed by atoms with Crippen LogP contribution < -0.4 is 5.32 Å². The minimum atomic E-state index is -4.28. The number of halogens is 1. The Kier molecular flexibility index (Phi) is 2.79. The van der Waals surface area contributed by atoms with Gasteiger partial charge in [0.15, 0.2) is 0 Å². The van der Waals surface area contributed by atoms with Crippen molar-refractivity contribution in [2.75, 3.05) is 5.75 Å².